The molecular weight excluding hydrogens is 826 g/mol. The van der Waals surface area contributed by atoms with E-state index in [0.29, 0.717) is 29.1 Å². The molecule has 0 spiro atoms. The van der Waals surface area contributed by atoms with Crippen molar-refractivity contribution in [3.63, 3.8) is 0 Å². The second-order valence-corrected chi connectivity index (χ2v) is 19.1. The van der Waals surface area contributed by atoms with Crippen molar-refractivity contribution >= 4 is 75.0 Å². The minimum atomic E-state index is -0.732. The third kappa shape index (κ3) is 10.1. The Morgan fingerprint density at radius 1 is 0.712 bits per heavy atom. The molecule has 14 heteroatoms. The number of rotatable bonds is 10. The molecule has 10 nitrogen and oxygen atoms in total. The summed E-state index contributed by atoms with van der Waals surface area (Å²) in [6.45, 7) is 19.0. The minimum absolute atomic E-state index is 0.0321. The van der Waals surface area contributed by atoms with Gasteiger partial charge in [-0.3, -0.25) is 28.9 Å². The second kappa shape index (κ2) is 18.8. The Balaban J connectivity index is 0.000000199. The molecule has 0 bridgehead atoms. The fourth-order valence-electron chi connectivity index (χ4n) is 6.77. The number of ketones is 1. The number of aliphatic imine (C=N–C) groups is 2. The topological polar surface area (TPSA) is 125 Å². The van der Waals surface area contributed by atoms with Crippen LogP contribution in [0.4, 0.5) is 0 Å². The number of hydrogen-bond acceptors (Lipinski definition) is 11. The maximum absolute atomic E-state index is 12.9. The molecule has 0 amide bonds. The zero-order valence-corrected chi connectivity index (χ0v) is 38.0. The van der Waals surface area contributed by atoms with Crippen LogP contribution in [0.25, 0.3) is 5.00 Å². The average molecular weight is 875 g/mol. The predicted molar refractivity (Wildman–Crippen MR) is 237 cm³/mol. The van der Waals surface area contributed by atoms with Gasteiger partial charge in [0.15, 0.2) is 11.6 Å². The summed E-state index contributed by atoms with van der Waals surface area (Å²) in [5.41, 5.74) is 7.77. The zero-order chi connectivity index (χ0) is 42.7. The van der Waals surface area contributed by atoms with Crippen LogP contribution in [0.1, 0.15) is 106 Å². The van der Waals surface area contributed by atoms with E-state index in [1.807, 2.05) is 87.7 Å². The molecule has 59 heavy (non-hydrogen) atoms. The molecule has 2 aliphatic rings. The summed E-state index contributed by atoms with van der Waals surface area (Å²) in [6.07, 6.45) is 0.363. The van der Waals surface area contributed by atoms with Crippen LogP contribution in [0.2, 0.25) is 10.0 Å². The van der Waals surface area contributed by atoms with Crippen molar-refractivity contribution in [2.45, 2.75) is 93.7 Å². The van der Waals surface area contributed by atoms with Gasteiger partial charge in [-0.25, -0.2) is 0 Å². The summed E-state index contributed by atoms with van der Waals surface area (Å²) < 4.78 is 12.8. The van der Waals surface area contributed by atoms with Gasteiger partial charge in [-0.2, -0.15) is 0 Å². The maximum Gasteiger partial charge on any atom is 0.308 e. The number of halogens is 2. The van der Waals surface area contributed by atoms with Crippen LogP contribution in [0.15, 0.2) is 58.5 Å². The normalized spacial score (nSPS) is 15.9. The van der Waals surface area contributed by atoms with Crippen LogP contribution in [0.3, 0.4) is 0 Å². The van der Waals surface area contributed by atoms with E-state index in [-0.39, 0.29) is 48.8 Å². The van der Waals surface area contributed by atoms with E-state index in [1.54, 1.807) is 22.7 Å². The van der Waals surface area contributed by atoms with Gasteiger partial charge in [-0.05, 0) is 81.8 Å². The van der Waals surface area contributed by atoms with Crippen molar-refractivity contribution in [3.8, 4) is 5.00 Å². The van der Waals surface area contributed by atoms with Gasteiger partial charge in [0.25, 0.3) is 0 Å². The second-order valence-electron chi connectivity index (χ2n) is 15.7. The summed E-state index contributed by atoms with van der Waals surface area (Å²) in [7, 11) is 0. The minimum Gasteiger partial charge on any atom is -0.465 e. The standard InChI is InChI=1S/C23H25ClN4O2S.C22H24ClNO3S/c1-12(2)11-30-19(29)10-18-22-27-26-15(5)28(22)23-20(13(3)14(4)31-23)21(25-18)16-6-8-17(24)9-7-16;1-12(2)11-27-20(26)9-17-18(25)10-19-21(13(3)14(4)28-19)22(24-17)15-5-7-16(23)8-6-15/h6-9,12,18H,10-11H2,1-5H3;5-8,12,17H,9-11H2,1-4H3/t18-;17-/m00/s1. The molecule has 0 saturated carbocycles. The van der Waals surface area contributed by atoms with Crippen molar-refractivity contribution < 1.29 is 23.9 Å². The summed E-state index contributed by atoms with van der Waals surface area (Å²) >= 11 is 15.5. The predicted octanol–water partition coefficient (Wildman–Crippen LogP) is 10.3. The van der Waals surface area contributed by atoms with E-state index < -0.39 is 12.1 Å². The summed E-state index contributed by atoms with van der Waals surface area (Å²) in [4.78, 5) is 50.9. The Morgan fingerprint density at radius 3 is 1.73 bits per heavy atom. The highest BCUT2D eigenvalue weighted by atomic mass is 35.5. The van der Waals surface area contributed by atoms with E-state index in [9.17, 15) is 14.4 Å². The van der Waals surface area contributed by atoms with Gasteiger partial charge >= 0.3 is 11.9 Å². The van der Waals surface area contributed by atoms with Gasteiger partial charge in [0.05, 0.1) is 37.5 Å². The first-order valence-electron chi connectivity index (χ1n) is 19.7. The third-order valence-corrected chi connectivity index (χ3v) is 12.9. The lowest BCUT2D eigenvalue weighted by atomic mass is 9.98. The SMILES string of the molecule is Cc1sc2c(c1C)C(c1ccc(Cl)cc1)=N[C@@H](CC(=O)OCC(C)C)C(=O)C2.Cc1sc2c(c1C)C(c1ccc(Cl)cc1)=N[C@@H](CC(=O)OCC(C)C)c1nnc(C)n1-2. The molecule has 0 fully saturated rings. The van der Waals surface area contributed by atoms with Gasteiger partial charge in [-0.1, -0.05) is 75.2 Å². The number of carbonyl (C=O) groups excluding carboxylic acids is 3. The van der Waals surface area contributed by atoms with Crippen molar-refractivity contribution in [2.75, 3.05) is 13.2 Å². The Labute approximate surface area is 363 Å². The first-order valence-corrected chi connectivity index (χ1v) is 22.0. The lowest BCUT2D eigenvalue weighted by Crippen LogP contribution is -2.25. The van der Waals surface area contributed by atoms with Gasteiger partial charge < -0.3 is 9.47 Å². The highest BCUT2D eigenvalue weighted by Crippen LogP contribution is 2.40. The Bertz CT molecular complexity index is 2430. The number of hydrogen-bond donors (Lipinski definition) is 0. The lowest BCUT2D eigenvalue weighted by Gasteiger charge is -2.13. The van der Waals surface area contributed by atoms with Crippen molar-refractivity contribution in [3.05, 3.63) is 118 Å². The van der Waals surface area contributed by atoms with E-state index in [2.05, 4.69) is 37.9 Å². The number of aromatic nitrogens is 3. The van der Waals surface area contributed by atoms with Gasteiger partial charge in [-0.15, -0.1) is 32.9 Å². The number of ether oxygens (including phenoxy) is 2. The molecule has 3 aromatic heterocycles. The average Bonchev–Trinajstić information content (AvgIpc) is 3.74. The number of thiophene rings is 2. The van der Waals surface area contributed by atoms with Crippen molar-refractivity contribution in [1.82, 2.24) is 14.8 Å². The number of Topliss-reactive ketones (excluding diaryl/α,β-unsaturated/α-hetero) is 1. The highest BCUT2D eigenvalue weighted by Gasteiger charge is 2.34. The Kier molecular flexibility index (Phi) is 14.1. The molecule has 0 radical (unpaired) electrons. The molecule has 0 saturated heterocycles. The van der Waals surface area contributed by atoms with Gasteiger partial charge in [0.2, 0.25) is 0 Å². The number of esters is 2. The molecule has 5 aromatic rings. The maximum atomic E-state index is 12.9. The monoisotopic (exact) mass is 873 g/mol. The summed E-state index contributed by atoms with van der Waals surface area (Å²) in [6, 6.07) is 13.8. The van der Waals surface area contributed by atoms with Gasteiger partial charge in [0, 0.05) is 53.4 Å². The molecule has 0 aliphatic carbocycles. The quantitative estimate of drug-likeness (QED) is 0.128. The third-order valence-electron chi connectivity index (χ3n) is 10.0. The Hall–Kier alpha value is -4.49. The van der Waals surface area contributed by atoms with Crippen LogP contribution in [-0.2, 0) is 30.3 Å². The Morgan fingerprint density at radius 2 is 1.19 bits per heavy atom. The number of aryl methyl sites for hydroxylation is 3. The van der Waals surface area contributed by atoms with E-state index >= 15 is 0 Å². The molecule has 0 N–H and O–H groups in total. The summed E-state index contributed by atoms with van der Waals surface area (Å²) in [5, 5.41) is 11.0. The molecule has 7 rings (SSSR count). The van der Waals surface area contributed by atoms with E-state index in [0.717, 1.165) is 60.5 Å². The van der Waals surface area contributed by atoms with Crippen LogP contribution in [0, 0.1) is 46.5 Å². The summed E-state index contributed by atoms with van der Waals surface area (Å²) in [5.74, 6) is 1.23. The number of nitrogens with zero attached hydrogens (tertiary/aromatic N) is 5. The van der Waals surface area contributed by atoms with Crippen molar-refractivity contribution in [1.29, 1.82) is 0 Å². The first-order chi connectivity index (χ1) is 28.0. The van der Waals surface area contributed by atoms with Crippen LogP contribution < -0.4 is 0 Å². The molecule has 2 aromatic carbocycles. The highest BCUT2D eigenvalue weighted by molar-refractivity contribution is 7.15. The lowest BCUT2D eigenvalue weighted by molar-refractivity contribution is -0.146. The fraction of sp³-hybridized carbons (Fsp3) is 0.400. The largest absolute Gasteiger partial charge is 0.465 e. The van der Waals surface area contributed by atoms with Crippen LogP contribution in [-0.4, -0.2) is 63.2 Å². The number of benzene rings is 2. The molecule has 5 heterocycles. The zero-order valence-electron chi connectivity index (χ0n) is 34.8. The van der Waals surface area contributed by atoms with E-state index in [1.165, 1.54) is 9.75 Å². The molecular formula is C45H49Cl2N5O5S2. The number of fused-ring (bicyclic) bond motifs is 4. The van der Waals surface area contributed by atoms with E-state index in [4.69, 9.17) is 42.7 Å². The van der Waals surface area contributed by atoms with Crippen LogP contribution in [0.5, 0.6) is 0 Å². The smallest absolute Gasteiger partial charge is 0.308 e. The first kappa shape index (κ1) is 44.1. The molecule has 310 valence electrons. The molecule has 2 aliphatic heterocycles. The van der Waals surface area contributed by atoms with Crippen LogP contribution >= 0.6 is 45.9 Å². The van der Waals surface area contributed by atoms with Gasteiger partial charge in [0.1, 0.15) is 22.9 Å². The fourth-order valence-corrected chi connectivity index (χ4v) is 9.43. The molecule has 0 unspecified atom stereocenters. The van der Waals surface area contributed by atoms with Crippen molar-refractivity contribution in [2.24, 2.45) is 21.8 Å². The molecule has 2 atom stereocenters. The number of carbonyl (C=O) groups is 3.